The Kier molecular flexibility index (Phi) is 7.14. The Morgan fingerprint density at radius 3 is 2.19 bits per heavy atom. The third-order valence-corrected chi connectivity index (χ3v) is 4.94. The van der Waals surface area contributed by atoms with Crippen molar-refractivity contribution < 1.29 is 4.79 Å². The average Bonchev–Trinajstić information content (AvgIpc) is 2.65. The zero-order chi connectivity index (χ0) is 20.0. The zero-order valence-electron chi connectivity index (χ0n) is 16.9. The SMILES string of the molecule is CCC(CC)NC(=S)Nc1cccc(C(=O)c2ccc(C(C)(C)C)cc2)c1. The Hall–Kier alpha value is -2.20. The van der Waals surface area contributed by atoms with Crippen molar-refractivity contribution in [3.8, 4) is 0 Å². The second kappa shape index (κ2) is 9.14. The highest BCUT2D eigenvalue weighted by Crippen LogP contribution is 2.23. The van der Waals surface area contributed by atoms with Gasteiger partial charge in [-0.2, -0.15) is 0 Å². The first kappa shape index (κ1) is 21.1. The molecule has 3 nitrogen and oxygen atoms in total. The van der Waals surface area contributed by atoms with Crippen molar-refractivity contribution in [3.63, 3.8) is 0 Å². The van der Waals surface area contributed by atoms with Crippen LogP contribution in [-0.2, 0) is 5.41 Å². The lowest BCUT2D eigenvalue weighted by Crippen LogP contribution is -2.36. The van der Waals surface area contributed by atoms with E-state index < -0.39 is 0 Å². The lowest BCUT2D eigenvalue weighted by molar-refractivity contribution is 0.103. The highest BCUT2D eigenvalue weighted by atomic mass is 32.1. The first-order valence-corrected chi connectivity index (χ1v) is 9.98. The summed E-state index contributed by atoms with van der Waals surface area (Å²) in [5.74, 6) is 0.0120. The summed E-state index contributed by atoms with van der Waals surface area (Å²) in [4.78, 5) is 12.8. The third-order valence-electron chi connectivity index (χ3n) is 4.72. The Morgan fingerprint density at radius 2 is 1.63 bits per heavy atom. The van der Waals surface area contributed by atoms with Crippen LogP contribution in [0.4, 0.5) is 5.69 Å². The van der Waals surface area contributed by atoms with Crippen LogP contribution in [0, 0.1) is 0 Å². The largest absolute Gasteiger partial charge is 0.360 e. The minimum absolute atomic E-state index is 0.0120. The maximum absolute atomic E-state index is 12.8. The van der Waals surface area contributed by atoms with Crippen molar-refractivity contribution in [3.05, 3.63) is 65.2 Å². The van der Waals surface area contributed by atoms with E-state index in [2.05, 4.69) is 45.3 Å². The molecule has 0 unspecified atom stereocenters. The summed E-state index contributed by atoms with van der Waals surface area (Å²) in [5, 5.41) is 7.07. The highest BCUT2D eigenvalue weighted by Gasteiger charge is 2.15. The number of hydrogen-bond donors (Lipinski definition) is 2. The van der Waals surface area contributed by atoms with Crippen LogP contribution in [0.3, 0.4) is 0 Å². The quantitative estimate of drug-likeness (QED) is 0.497. The smallest absolute Gasteiger partial charge is 0.193 e. The van der Waals surface area contributed by atoms with E-state index in [1.807, 2.05) is 48.5 Å². The van der Waals surface area contributed by atoms with Crippen LogP contribution in [0.5, 0.6) is 0 Å². The standard InChI is InChI=1S/C23H30N2OS/c1-6-19(7-2)24-22(27)25-20-10-8-9-17(15-20)21(26)16-11-13-18(14-12-16)23(3,4)5/h8-15,19H,6-7H2,1-5H3,(H2,24,25,27). The Bertz CT molecular complexity index is 787. The number of hydrogen-bond acceptors (Lipinski definition) is 2. The van der Waals surface area contributed by atoms with E-state index >= 15 is 0 Å². The number of carbonyl (C=O) groups excluding carboxylic acids is 1. The number of nitrogens with one attached hydrogen (secondary N) is 2. The summed E-state index contributed by atoms with van der Waals surface area (Å²) in [6.07, 6.45) is 2.03. The molecule has 144 valence electrons. The van der Waals surface area contributed by atoms with Crippen molar-refractivity contribution in [2.45, 2.75) is 58.9 Å². The molecule has 0 aromatic heterocycles. The van der Waals surface area contributed by atoms with Gasteiger partial charge in [0.05, 0.1) is 0 Å². The molecule has 4 heteroatoms. The molecule has 0 heterocycles. The molecule has 0 saturated carbocycles. The Balaban J connectivity index is 2.12. The minimum atomic E-state index is 0.0120. The van der Waals surface area contributed by atoms with Crippen LogP contribution in [-0.4, -0.2) is 16.9 Å². The van der Waals surface area contributed by atoms with Crippen molar-refractivity contribution >= 4 is 28.8 Å². The molecular formula is C23H30N2OS. The van der Waals surface area contributed by atoms with E-state index in [1.54, 1.807) is 0 Å². The first-order valence-electron chi connectivity index (χ1n) is 9.57. The van der Waals surface area contributed by atoms with E-state index in [4.69, 9.17) is 12.2 Å². The van der Waals surface area contributed by atoms with Gasteiger partial charge in [-0.1, -0.05) is 71.0 Å². The van der Waals surface area contributed by atoms with Gasteiger partial charge in [0.1, 0.15) is 0 Å². The van der Waals surface area contributed by atoms with Crippen molar-refractivity contribution in [2.24, 2.45) is 0 Å². The second-order valence-electron chi connectivity index (χ2n) is 7.85. The predicted octanol–water partition coefficient (Wildman–Crippen LogP) is 5.69. The zero-order valence-corrected chi connectivity index (χ0v) is 17.7. The van der Waals surface area contributed by atoms with E-state index in [-0.39, 0.29) is 11.2 Å². The minimum Gasteiger partial charge on any atom is -0.360 e. The summed E-state index contributed by atoms with van der Waals surface area (Å²) < 4.78 is 0. The molecule has 0 aliphatic rings. The van der Waals surface area contributed by atoms with Crippen LogP contribution in [0.2, 0.25) is 0 Å². The predicted molar refractivity (Wildman–Crippen MR) is 119 cm³/mol. The van der Waals surface area contributed by atoms with Gasteiger partial charge in [0.15, 0.2) is 10.9 Å². The lowest BCUT2D eigenvalue weighted by atomic mass is 9.86. The molecule has 0 aliphatic carbocycles. The van der Waals surface area contributed by atoms with Crippen molar-refractivity contribution in [1.29, 1.82) is 0 Å². The highest BCUT2D eigenvalue weighted by molar-refractivity contribution is 7.80. The molecular weight excluding hydrogens is 352 g/mol. The molecule has 0 saturated heterocycles. The second-order valence-corrected chi connectivity index (χ2v) is 8.26. The van der Waals surface area contributed by atoms with E-state index in [1.165, 1.54) is 5.56 Å². The molecule has 0 bridgehead atoms. The number of ketones is 1. The molecule has 0 amide bonds. The van der Waals surface area contributed by atoms with E-state index in [0.717, 1.165) is 18.5 Å². The fourth-order valence-corrected chi connectivity index (χ4v) is 3.16. The number of thiocarbonyl (C=S) groups is 1. The first-order chi connectivity index (χ1) is 12.7. The van der Waals surface area contributed by atoms with Crippen LogP contribution in [0.15, 0.2) is 48.5 Å². The van der Waals surface area contributed by atoms with Gasteiger partial charge in [0, 0.05) is 22.9 Å². The number of carbonyl (C=O) groups is 1. The average molecular weight is 383 g/mol. The van der Waals surface area contributed by atoms with Crippen molar-refractivity contribution in [2.75, 3.05) is 5.32 Å². The molecule has 2 aromatic carbocycles. The summed E-state index contributed by atoms with van der Waals surface area (Å²) in [6.45, 7) is 10.8. The van der Waals surface area contributed by atoms with Gasteiger partial charge in [-0.05, 0) is 48.2 Å². The van der Waals surface area contributed by atoms with Gasteiger partial charge in [0.25, 0.3) is 0 Å². The molecule has 2 rings (SSSR count). The molecule has 2 N–H and O–H groups in total. The Labute approximate surface area is 168 Å². The van der Waals surface area contributed by atoms with Gasteiger partial charge >= 0.3 is 0 Å². The van der Waals surface area contributed by atoms with E-state index in [0.29, 0.717) is 22.3 Å². The summed E-state index contributed by atoms with van der Waals surface area (Å²) in [6, 6.07) is 15.7. The molecule has 2 aromatic rings. The number of rotatable bonds is 6. The maximum atomic E-state index is 12.8. The number of benzene rings is 2. The maximum Gasteiger partial charge on any atom is 0.193 e. The van der Waals surface area contributed by atoms with Gasteiger partial charge in [0.2, 0.25) is 0 Å². The van der Waals surface area contributed by atoms with Gasteiger partial charge in [-0.3, -0.25) is 4.79 Å². The molecule has 0 aliphatic heterocycles. The molecule has 0 fully saturated rings. The lowest BCUT2D eigenvalue weighted by Gasteiger charge is -2.19. The van der Waals surface area contributed by atoms with Crippen molar-refractivity contribution in [1.82, 2.24) is 5.32 Å². The summed E-state index contributed by atoms with van der Waals surface area (Å²) in [7, 11) is 0. The summed E-state index contributed by atoms with van der Waals surface area (Å²) in [5.41, 5.74) is 3.44. The third kappa shape index (κ3) is 5.90. The van der Waals surface area contributed by atoms with Crippen LogP contribution < -0.4 is 10.6 Å². The molecule has 0 atom stereocenters. The number of anilines is 1. The normalized spacial score (nSPS) is 11.3. The fourth-order valence-electron chi connectivity index (χ4n) is 2.87. The fraction of sp³-hybridized carbons (Fsp3) is 0.391. The molecule has 27 heavy (non-hydrogen) atoms. The van der Waals surface area contributed by atoms with E-state index in [9.17, 15) is 4.79 Å². The van der Waals surface area contributed by atoms with Crippen LogP contribution in [0.25, 0.3) is 0 Å². The van der Waals surface area contributed by atoms with Crippen LogP contribution >= 0.6 is 12.2 Å². The molecule has 0 spiro atoms. The monoisotopic (exact) mass is 382 g/mol. The van der Waals surface area contributed by atoms with Crippen LogP contribution in [0.1, 0.15) is 68.9 Å². The Morgan fingerprint density at radius 1 is 1.00 bits per heavy atom. The van der Waals surface area contributed by atoms with Gasteiger partial charge in [-0.15, -0.1) is 0 Å². The van der Waals surface area contributed by atoms with Gasteiger partial charge in [-0.25, -0.2) is 0 Å². The summed E-state index contributed by atoms with van der Waals surface area (Å²) >= 11 is 5.39. The molecule has 0 radical (unpaired) electrons. The van der Waals surface area contributed by atoms with Gasteiger partial charge < -0.3 is 10.6 Å². The topological polar surface area (TPSA) is 41.1 Å².